The van der Waals surface area contributed by atoms with Crippen molar-refractivity contribution >= 4 is 33.3 Å². The van der Waals surface area contributed by atoms with Gasteiger partial charge in [0.05, 0.1) is 33.3 Å². The molecule has 0 radical (unpaired) electrons. The summed E-state index contributed by atoms with van der Waals surface area (Å²) >= 11 is 6.13. The van der Waals surface area contributed by atoms with Gasteiger partial charge in [0.2, 0.25) is 0 Å². The molecule has 31 heavy (non-hydrogen) atoms. The van der Waals surface area contributed by atoms with Crippen molar-refractivity contribution in [3.63, 3.8) is 0 Å². The van der Waals surface area contributed by atoms with Crippen LogP contribution in [0.3, 0.4) is 0 Å². The summed E-state index contributed by atoms with van der Waals surface area (Å²) in [5.41, 5.74) is 0.636. The lowest BCUT2D eigenvalue weighted by atomic mass is 10.1. The third kappa shape index (κ3) is 4.61. The van der Waals surface area contributed by atoms with E-state index in [2.05, 4.69) is 10.0 Å². The maximum atomic E-state index is 13.3. The van der Waals surface area contributed by atoms with E-state index in [1.54, 1.807) is 6.07 Å². The fourth-order valence-electron chi connectivity index (χ4n) is 3.35. The van der Waals surface area contributed by atoms with Crippen LogP contribution in [0.2, 0.25) is 5.02 Å². The van der Waals surface area contributed by atoms with Crippen molar-refractivity contribution in [2.45, 2.75) is 23.7 Å². The molecule has 0 bridgehead atoms. The van der Waals surface area contributed by atoms with E-state index in [1.165, 1.54) is 24.3 Å². The van der Waals surface area contributed by atoms with Crippen LogP contribution in [0.15, 0.2) is 35.2 Å². The second-order valence-corrected chi connectivity index (χ2v) is 9.77. The summed E-state index contributed by atoms with van der Waals surface area (Å²) < 4.78 is 34.9. The molecule has 1 aliphatic carbocycles. The van der Waals surface area contributed by atoms with E-state index >= 15 is 0 Å². The highest BCUT2D eigenvalue weighted by molar-refractivity contribution is 7.92. The summed E-state index contributed by atoms with van der Waals surface area (Å²) in [6.07, 6.45) is 1.69. The van der Waals surface area contributed by atoms with E-state index < -0.39 is 16.0 Å². The van der Waals surface area contributed by atoms with Crippen LogP contribution in [0, 0.1) is 17.2 Å². The lowest BCUT2D eigenvalue weighted by molar-refractivity contribution is 0.0696. The normalized spacial score (nSPS) is 16.3. The molecule has 2 aromatic rings. The highest BCUT2D eigenvalue weighted by Crippen LogP contribution is 2.44. The Hall–Kier alpha value is -2.80. The number of hydrogen-bond acceptors (Lipinski definition) is 6. The number of aromatic carboxylic acids is 1. The molecule has 4 rings (SSSR count). The summed E-state index contributed by atoms with van der Waals surface area (Å²) in [6, 6.07) is 8.80. The SMILES string of the molecule is N#Cc1cc(NS(=O)(=O)c2cc(C(=O)O)ccc2C2CC2)c(OCC2CNC2)cc1Cl. The van der Waals surface area contributed by atoms with Crippen molar-refractivity contribution in [2.24, 2.45) is 5.92 Å². The predicted octanol–water partition coefficient (Wildman–Crippen LogP) is 3.19. The first-order chi connectivity index (χ1) is 14.8. The van der Waals surface area contributed by atoms with Gasteiger partial charge >= 0.3 is 5.97 Å². The first-order valence-corrected chi connectivity index (χ1v) is 11.6. The maximum absolute atomic E-state index is 13.3. The standard InChI is InChI=1S/C21H20ClN3O5S/c22-17-7-19(30-11-12-9-24-10-12)18(5-15(17)8-23)25-31(28,29)20-6-14(21(26)27)3-4-16(20)13-1-2-13/h3-7,12-13,24-25H,1-2,9-11H2,(H,26,27). The number of rotatable bonds is 8. The smallest absolute Gasteiger partial charge is 0.335 e. The monoisotopic (exact) mass is 461 g/mol. The average Bonchev–Trinajstić information content (AvgIpc) is 3.53. The van der Waals surface area contributed by atoms with Crippen molar-refractivity contribution in [2.75, 3.05) is 24.4 Å². The second kappa shape index (κ2) is 8.38. The van der Waals surface area contributed by atoms with Gasteiger partial charge in [-0.25, -0.2) is 13.2 Å². The highest BCUT2D eigenvalue weighted by Gasteiger charge is 2.32. The number of halogens is 1. The Balaban J connectivity index is 1.71. The number of ether oxygens (including phenoxy) is 1. The Morgan fingerprint density at radius 2 is 2.03 bits per heavy atom. The quantitative estimate of drug-likeness (QED) is 0.550. The number of carboxylic acids is 1. The van der Waals surface area contributed by atoms with Gasteiger partial charge in [0.25, 0.3) is 10.0 Å². The average molecular weight is 462 g/mol. The topological polar surface area (TPSA) is 129 Å². The van der Waals surface area contributed by atoms with E-state index in [-0.39, 0.29) is 38.4 Å². The van der Waals surface area contributed by atoms with Crippen molar-refractivity contribution in [3.8, 4) is 11.8 Å². The molecule has 0 unspecified atom stereocenters. The van der Waals surface area contributed by atoms with E-state index in [1.807, 2.05) is 6.07 Å². The summed E-state index contributed by atoms with van der Waals surface area (Å²) in [6.45, 7) is 1.97. The minimum absolute atomic E-state index is 0.0794. The van der Waals surface area contributed by atoms with E-state index in [9.17, 15) is 23.6 Å². The molecule has 162 valence electrons. The van der Waals surface area contributed by atoms with Crippen LogP contribution >= 0.6 is 11.6 Å². The van der Waals surface area contributed by atoms with E-state index in [0.29, 0.717) is 18.1 Å². The molecule has 1 heterocycles. The summed E-state index contributed by atoms with van der Waals surface area (Å²) in [4.78, 5) is 11.3. The predicted molar refractivity (Wildman–Crippen MR) is 114 cm³/mol. The van der Waals surface area contributed by atoms with Gasteiger partial charge in [-0.1, -0.05) is 17.7 Å². The number of nitriles is 1. The zero-order chi connectivity index (χ0) is 22.2. The van der Waals surface area contributed by atoms with Crippen LogP contribution in [0.25, 0.3) is 0 Å². The maximum Gasteiger partial charge on any atom is 0.335 e. The third-order valence-corrected chi connectivity index (χ3v) is 7.08. The fourth-order valence-corrected chi connectivity index (χ4v) is 4.93. The van der Waals surface area contributed by atoms with Gasteiger partial charge in [-0.2, -0.15) is 5.26 Å². The van der Waals surface area contributed by atoms with Crippen molar-refractivity contribution in [3.05, 3.63) is 52.0 Å². The molecule has 1 aliphatic heterocycles. The Kier molecular flexibility index (Phi) is 5.79. The highest BCUT2D eigenvalue weighted by atomic mass is 35.5. The van der Waals surface area contributed by atoms with Gasteiger partial charge in [-0.15, -0.1) is 0 Å². The van der Waals surface area contributed by atoms with E-state index in [4.69, 9.17) is 16.3 Å². The molecule has 0 spiro atoms. The Bertz CT molecular complexity index is 1180. The van der Waals surface area contributed by atoms with Crippen molar-refractivity contribution < 1.29 is 23.1 Å². The summed E-state index contributed by atoms with van der Waals surface area (Å²) in [5.74, 6) is -0.624. The van der Waals surface area contributed by atoms with Gasteiger partial charge in [0, 0.05) is 25.1 Å². The second-order valence-electron chi connectivity index (χ2n) is 7.71. The zero-order valence-corrected chi connectivity index (χ0v) is 18.0. The van der Waals surface area contributed by atoms with Gasteiger partial charge in [-0.3, -0.25) is 4.72 Å². The molecule has 3 N–H and O–H groups in total. The van der Waals surface area contributed by atoms with Crippen LogP contribution in [0.4, 0.5) is 5.69 Å². The molecule has 2 aromatic carbocycles. The number of hydrogen-bond donors (Lipinski definition) is 3. The third-order valence-electron chi connectivity index (χ3n) is 5.34. The molecule has 2 aliphatic rings. The largest absolute Gasteiger partial charge is 0.491 e. The number of sulfonamides is 1. The van der Waals surface area contributed by atoms with Gasteiger partial charge in [-0.05, 0) is 42.5 Å². The number of nitrogens with zero attached hydrogens (tertiary/aromatic N) is 1. The number of carboxylic acid groups (broad SMARTS) is 1. The Morgan fingerprint density at radius 3 is 2.61 bits per heavy atom. The molecule has 1 saturated heterocycles. The molecule has 1 saturated carbocycles. The van der Waals surface area contributed by atoms with Crippen LogP contribution in [0.5, 0.6) is 5.75 Å². The molecular weight excluding hydrogens is 442 g/mol. The van der Waals surface area contributed by atoms with Crippen molar-refractivity contribution in [1.29, 1.82) is 5.26 Å². The zero-order valence-electron chi connectivity index (χ0n) is 16.4. The summed E-state index contributed by atoms with van der Waals surface area (Å²) in [5, 5.41) is 21.9. The molecule has 8 nitrogen and oxygen atoms in total. The first-order valence-electron chi connectivity index (χ1n) is 9.75. The van der Waals surface area contributed by atoms with Gasteiger partial charge in [0.1, 0.15) is 11.8 Å². The number of carbonyl (C=O) groups is 1. The number of nitrogens with one attached hydrogen (secondary N) is 2. The van der Waals surface area contributed by atoms with Gasteiger partial charge < -0.3 is 15.2 Å². The lowest BCUT2D eigenvalue weighted by Gasteiger charge is -2.27. The molecule has 2 fully saturated rings. The Morgan fingerprint density at radius 1 is 1.29 bits per heavy atom. The molecule has 0 aromatic heterocycles. The lowest BCUT2D eigenvalue weighted by Crippen LogP contribution is -2.45. The number of benzene rings is 2. The molecular formula is C21H20ClN3O5S. The Labute approximate surface area is 184 Å². The fraction of sp³-hybridized carbons (Fsp3) is 0.333. The van der Waals surface area contributed by atoms with E-state index in [0.717, 1.165) is 25.9 Å². The van der Waals surface area contributed by atoms with Crippen molar-refractivity contribution in [1.82, 2.24) is 5.32 Å². The molecule has 0 amide bonds. The molecule has 10 heteroatoms. The van der Waals surface area contributed by atoms with Gasteiger partial charge in [0.15, 0.2) is 0 Å². The van der Waals surface area contributed by atoms with Crippen LogP contribution in [-0.4, -0.2) is 39.2 Å². The number of anilines is 1. The first kappa shape index (κ1) is 21.4. The summed E-state index contributed by atoms with van der Waals surface area (Å²) in [7, 11) is -4.15. The van der Waals surface area contributed by atoms with Crippen LogP contribution in [-0.2, 0) is 10.0 Å². The molecule has 0 atom stereocenters. The minimum Gasteiger partial charge on any atom is -0.491 e. The van der Waals surface area contributed by atoms with Crippen LogP contribution in [0.1, 0.15) is 40.2 Å². The van der Waals surface area contributed by atoms with Crippen LogP contribution < -0.4 is 14.8 Å². The minimum atomic E-state index is -4.15.